The summed E-state index contributed by atoms with van der Waals surface area (Å²) in [6.07, 6.45) is 23.2. The summed E-state index contributed by atoms with van der Waals surface area (Å²) in [5.41, 5.74) is 0. The van der Waals surface area contributed by atoms with Crippen LogP contribution in [0, 0.1) is 11.8 Å². The van der Waals surface area contributed by atoms with E-state index in [4.69, 9.17) is 9.47 Å². The Labute approximate surface area is 169 Å². The standard InChI is InChI=1S/C25H44O2/c1-4-7-10-13-14-15-16-19-22-25(26-23-20-17-11-8-5-2)27-24-21-18-12-9-6-3/h14-15,22H,4-13,17-18,20-21,23-24H2,1-3H3/b15-14+. The van der Waals surface area contributed by atoms with Crippen molar-refractivity contribution in [2.75, 3.05) is 13.2 Å². The molecule has 0 heterocycles. The molecule has 0 rings (SSSR count). The quantitative estimate of drug-likeness (QED) is 0.137. The van der Waals surface area contributed by atoms with E-state index in [0.29, 0.717) is 5.95 Å². The first-order chi connectivity index (χ1) is 13.3. The summed E-state index contributed by atoms with van der Waals surface area (Å²) in [5, 5.41) is 0. The van der Waals surface area contributed by atoms with E-state index in [-0.39, 0.29) is 0 Å². The Balaban J connectivity index is 4.20. The second-order valence-corrected chi connectivity index (χ2v) is 7.18. The first-order valence-electron chi connectivity index (χ1n) is 11.5. The smallest absolute Gasteiger partial charge is 0.287 e. The summed E-state index contributed by atoms with van der Waals surface area (Å²) in [5.74, 6) is 6.70. The molecule has 0 aliphatic rings. The van der Waals surface area contributed by atoms with Gasteiger partial charge in [0.2, 0.25) is 0 Å². The molecule has 0 aromatic heterocycles. The van der Waals surface area contributed by atoms with Gasteiger partial charge in [0.05, 0.1) is 19.3 Å². The molecule has 0 aromatic rings. The lowest BCUT2D eigenvalue weighted by Crippen LogP contribution is -2.02. The zero-order chi connectivity index (χ0) is 19.8. The molecule has 0 unspecified atom stereocenters. The lowest BCUT2D eigenvalue weighted by Gasteiger charge is -2.11. The summed E-state index contributed by atoms with van der Waals surface area (Å²) in [6.45, 7) is 8.15. The van der Waals surface area contributed by atoms with Crippen LogP contribution in [0.25, 0.3) is 0 Å². The van der Waals surface area contributed by atoms with E-state index in [1.807, 2.05) is 6.08 Å². The van der Waals surface area contributed by atoms with Gasteiger partial charge in [0.1, 0.15) is 0 Å². The molecule has 0 atom stereocenters. The summed E-state index contributed by atoms with van der Waals surface area (Å²) in [6, 6.07) is 0. The highest BCUT2D eigenvalue weighted by molar-refractivity contribution is 5.23. The maximum Gasteiger partial charge on any atom is 0.287 e. The predicted molar refractivity (Wildman–Crippen MR) is 119 cm³/mol. The number of allylic oxidation sites excluding steroid dienone is 3. The van der Waals surface area contributed by atoms with Gasteiger partial charge in [-0.25, -0.2) is 0 Å². The molecule has 0 saturated carbocycles. The van der Waals surface area contributed by atoms with Crippen LogP contribution in [-0.4, -0.2) is 13.2 Å². The first-order valence-corrected chi connectivity index (χ1v) is 11.5. The van der Waals surface area contributed by atoms with E-state index in [1.165, 1.54) is 70.6 Å². The monoisotopic (exact) mass is 376 g/mol. The highest BCUT2D eigenvalue weighted by atomic mass is 16.7. The molecule has 0 amide bonds. The second-order valence-electron chi connectivity index (χ2n) is 7.18. The molecule has 0 saturated heterocycles. The van der Waals surface area contributed by atoms with Crippen molar-refractivity contribution >= 4 is 0 Å². The van der Waals surface area contributed by atoms with Crippen molar-refractivity contribution in [2.45, 2.75) is 111 Å². The average Bonchev–Trinajstić information content (AvgIpc) is 2.68. The maximum absolute atomic E-state index is 5.82. The number of rotatable bonds is 18. The number of ether oxygens (including phenoxy) is 2. The van der Waals surface area contributed by atoms with E-state index in [9.17, 15) is 0 Å². The van der Waals surface area contributed by atoms with Gasteiger partial charge in [-0.15, -0.1) is 0 Å². The lowest BCUT2D eigenvalue weighted by atomic mass is 10.2. The van der Waals surface area contributed by atoms with Gasteiger partial charge in [-0.1, -0.05) is 103 Å². The normalized spacial score (nSPS) is 10.5. The van der Waals surface area contributed by atoms with Crippen molar-refractivity contribution in [3.05, 3.63) is 24.2 Å². The van der Waals surface area contributed by atoms with E-state index in [1.54, 1.807) is 6.08 Å². The van der Waals surface area contributed by atoms with Crippen LogP contribution in [0.1, 0.15) is 111 Å². The van der Waals surface area contributed by atoms with Crippen LogP contribution in [0.15, 0.2) is 24.2 Å². The van der Waals surface area contributed by atoms with Gasteiger partial charge in [-0.3, -0.25) is 0 Å². The molecule has 0 bridgehead atoms. The Bertz CT molecular complexity index is 394. The van der Waals surface area contributed by atoms with E-state index < -0.39 is 0 Å². The van der Waals surface area contributed by atoms with Gasteiger partial charge in [0.25, 0.3) is 5.95 Å². The fourth-order valence-electron chi connectivity index (χ4n) is 2.68. The first kappa shape index (κ1) is 25.6. The maximum atomic E-state index is 5.82. The van der Waals surface area contributed by atoms with Crippen molar-refractivity contribution < 1.29 is 9.47 Å². The van der Waals surface area contributed by atoms with Crippen molar-refractivity contribution in [1.82, 2.24) is 0 Å². The number of hydrogen-bond donors (Lipinski definition) is 0. The van der Waals surface area contributed by atoms with Crippen LogP contribution >= 0.6 is 0 Å². The lowest BCUT2D eigenvalue weighted by molar-refractivity contribution is 0.0325. The Morgan fingerprint density at radius 1 is 0.630 bits per heavy atom. The Kier molecular flexibility index (Phi) is 21.5. The van der Waals surface area contributed by atoms with Crippen LogP contribution in [0.3, 0.4) is 0 Å². The van der Waals surface area contributed by atoms with Crippen molar-refractivity contribution in [1.29, 1.82) is 0 Å². The van der Waals surface area contributed by atoms with Crippen LogP contribution < -0.4 is 0 Å². The molecule has 0 aliphatic carbocycles. The van der Waals surface area contributed by atoms with Crippen LogP contribution in [0.4, 0.5) is 0 Å². The van der Waals surface area contributed by atoms with Gasteiger partial charge in [-0.05, 0) is 31.8 Å². The molecule has 2 nitrogen and oxygen atoms in total. The molecule has 0 radical (unpaired) electrons. The van der Waals surface area contributed by atoms with E-state index in [2.05, 4.69) is 38.7 Å². The average molecular weight is 377 g/mol. The summed E-state index contributed by atoms with van der Waals surface area (Å²) in [4.78, 5) is 0. The van der Waals surface area contributed by atoms with Gasteiger partial charge in [0.15, 0.2) is 0 Å². The summed E-state index contributed by atoms with van der Waals surface area (Å²) in [7, 11) is 0. The Morgan fingerprint density at radius 2 is 1.15 bits per heavy atom. The summed E-state index contributed by atoms with van der Waals surface area (Å²) < 4.78 is 11.6. The van der Waals surface area contributed by atoms with Crippen molar-refractivity contribution in [2.24, 2.45) is 0 Å². The van der Waals surface area contributed by atoms with Crippen LogP contribution in [0.5, 0.6) is 0 Å². The molecular formula is C25H44O2. The van der Waals surface area contributed by atoms with Crippen molar-refractivity contribution in [3.63, 3.8) is 0 Å². The van der Waals surface area contributed by atoms with Crippen molar-refractivity contribution in [3.8, 4) is 11.8 Å². The SMILES string of the molecule is CCCCC/C=C/C#CC=C(OCCCCCCC)OCCCCCCC. The molecule has 0 aliphatic heterocycles. The third-order valence-electron chi connectivity index (χ3n) is 4.43. The van der Waals surface area contributed by atoms with Gasteiger partial charge < -0.3 is 9.47 Å². The van der Waals surface area contributed by atoms with Gasteiger partial charge in [0, 0.05) is 0 Å². The van der Waals surface area contributed by atoms with Gasteiger partial charge >= 0.3 is 0 Å². The molecule has 0 N–H and O–H groups in total. The minimum atomic E-state index is 0.591. The number of unbranched alkanes of at least 4 members (excludes halogenated alkanes) is 11. The topological polar surface area (TPSA) is 18.5 Å². The van der Waals surface area contributed by atoms with E-state index in [0.717, 1.165) is 32.5 Å². The minimum Gasteiger partial charge on any atom is -0.465 e. The summed E-state index contributed by atoms with van der Waals surface area (Å²) >= 11 is 0. The zero-order valence-corrected chi connectivity index (χ0v) is 18.4. The highest BCUT2D eigenvalue weighted by Gasteiger charge is 1.99. The second kappa shape index (κ2) is 22.7. The van der Waals surface area contributed by atoms with Crippen LogP contribution in [0.2, 0.25) is 0 Å². The zero-order valence-electron chi connectivity index (χ0n) is 18.4. The number of hydrogen-bond acceptors (Lipinski definition) is 2. The molecule has 2 heteroatoms. The molecule has 0 spiro atoms. The molecule has 0 aromatic carbocycles. The molecule has 0 fully saturated rings. The Morgan fingerprint density at radius 3 is 1.70 bits per heavy atom. The predicted octanol–water partition coefficient (Wildman–Crippen LogP) is 7.94. The Hall–Kier alpha value is -1.36. The fraction of sp³-hybridized carbons (Fsp3) is 0.760. The van der Waals surface area contributed by atoms with E-state index >= 15 is 0 Å². The minimum absolute atomic E-state index is 0.591. The van der Waals surface area contributed by atoms with Gasteiger partial charge in [-0.2, -0.15) is 0 Å². The fourth-order valence-corrected chi connectivity index (χ4v) is 2.68. The van der Waals surface area contributed by atoms with Crippen LogP contribution in [-0.2, 0) is 9.47 Å². The third kappa shape index (κ3) is 20.8. The molecular weight excluding hydrogens is 332 g/mol. The molecule has 156 valence electrons. The third-order valence-corrected chi connectivity index (χ3v) is 4.43. The largest absolute Gasteiger partial charge is 0.465 e. The highest BCUT2D eigenvalue weighted by Crippen LogP contribution is 2.08. The molecule has 27 heavy (non-hydrogen) atoms.